The van der Waals surface area contributed by atoms with Crippen molar-refractivity contribution in [3.05, 3.63) is 69.2 Å². The maximum absolute atomic E-state index is 11.6. The average molecular weight is 394 g/mol. The highest BCUT2D eigenvalue weighted by molar-refractivity contribution is 9.10. The molecule has 2 aliphatic heterocycles. The fourth-order valence-electron chi connectivity index (χ4n) is 3.40. The molecule has 0 radical (unpaired) electrons. The summed E-state index contributed by atoms with van der Waals surface area (Å²) < 4.78 is 1.01. The lowest BCUT2D eigenvalue weighted by atomic mass is 9.93. The summed E-state index contributed by atoms with van der Waals surface area (Å²) in [5.41, 5.74) is 2.87. The van der Waals surface area contributed by atoms with Crippen molar-refractivity contribution >= 4 is 34.2 Å². The average Bonchev–Trinajstić information content (AvgIpc) is 2.82. The molecule has 1 atom stereocenters. The molecular formula is C18H18BrClN2O. The van der Waals surface area contributed by atoms with Gasteiger partial charge in [0, 0.05) is 34.3 Å². The van der Waals surface area contributed by atoms with Gasteiger partial charge in [-0.15, -0.1) is 12.4 Å². The van der Waals surface area contributed by atoms with Crippen LogP contribution >= 0.6 is 28.3 Å². The van der Waals surface area contributed by atoms with E-state index in [0.29, 0.717) is 0 Å². The first-order valence-corrected chi connectivity index (χ1v) is 8.32. The molecule has 5 heteroatoms. The first-order valence-electron chi connectivity index (χ1n) is 7.53. The second-order valence-electron chi connectivity index (χ2n) is 5.89. The molecule has 2 heterocycles. The van der Waals surface area contributed by atoms with Crippen molar-refractivity contribution in [3.63, 3.8) is 0 Å². The molecule has 2 aliphatic rings. The number of nitrogens with zero attached hydrogens (tertiary/aromatic N) is 2. The molecule has 0 bridgehead atoms. The lowest BCUT2D eigenvalue weighted by Gasteiger charge is -2.37. The number of rotatable bonds is 1. The Morgan fingerprint density at radius 2 is 2.00 bits per heavy atom. The van der Waals surface area contributed by atoms with Crippen molar-refractivity contribution in [2.75, 3.05) is 13.1 Å². The van der Waals surface area contributed by atoms with Crippen LogP contribution in [0.5, 0.6) is 0 Å². The molecule has 4 rings (SSSR count). The second kappa shape index (κ2) is 5.93. The summed E-state index contributed by atoms with van der Waals surface area (Å²) in [6.07, 6.45) is 0.965. The lowest BCUT2D eigenvalue weighted by molar-refractivity contribution is -0.0318. The molecule has 0 spiro atoms. The van der Waals surface area contributed by atoms with Crippen molar-refractivity contribution in [2.24, 2.45) is 4.99 Å². The van der Waals surface area contributed by atoms with Crippen molar-refractivity contribution in [1.29, 1.82) is 0 Å². The van der Waals surface area contributed by atoms with Crippen LogP contribution in [0.3, 0.4) is 0 Å². The van der Waals surface area contributed by atoms with E-state index in [-0.39, 0.29) is 12.4 Å². The number of hydrogen-bond donors (Lipinski definition) is 1. The first-order chi connectivity index (χ1) is 10.6. The maximum Gasteiger partial charge on any atom is 0.193 e. The molecule has 1 unspecified atom stereocenters. The van der Waals surface area contributed by atoms with Gasteiger partial charge in [-0.3, -0.25) is 4.99 Å². The molecule has 3 nitrogen and oxygen atoms in total. The number of halogens is 2. The Kier molecular flexibility index (Phi) is 4.25. The first kappa shape index (κ1) is 16.5. The Morgan fingerprint density at radius 1 is 1.22 bits per heavy atom. The Labute approximate surface area is 150 Å². The Morgan fingerprint density at radius 3 is 2.78 bits per heavy atom. The van der Waals surface area contributed by atoms with E-state index < -0.39 is 5.72 Å². The van der Waals surface area contributed by atoms with E-state index >= 15 is 0 Å². The Hall–Kier alpha value is -1.36. The van der Waals surface area contributed by atoms with E-state index in [2.05, 4.69) is 20.9 Å². The molecule has 2 aromatic carbocycles. The fourth-order valence-corrected chi connectivity index (χ4v) is 3.78. The normalized spacial score (nSPS) is 22.0. The highest BCUT2D eigenvalue weighted by atomic mass is 79.9. The highest BCUT2D eigenvalue weighted by Crippen LogP contribution is 2.44. The van der Waals surface area contributed by atoms with Crippen LogP contribution in [0.1, 0.15) is 28.7 Å². The van der Waals surface area contributed by atoms with Crippen LogP contribution < -0.4 is 0 Å². The van der Waals surface area contributed by atoms with Crippen LogP contribution in [-0.2, 0) is 5.72 Å². The van der Waals surface area contributed by atoms with Gasteiger partial charge in [0.2, 0.25) is 0 Å². The van der Waals surface area contributed by atoms with Gasteiger partial charge in [-0.25, -0.2) is 0 Å². The predicted molar refractivity (Wildman–Crippen MR) is 98.3 cm³/mol. The summed E-state index contributed by atoms with van der Waals surface area (Å²) >= 11 is 3.59. The van der Waals surface area contributed by atoms with Crippen LogP contribution in [0.2, 0.25) is 0 Å². The third kappa shape index (κ3) is 2.32. The summed E-state index contributed by atoms with van der Waals surface area (Å²) in [6, 6.07) is 14.1. The number of aliphatic hydroxyl groups is 1. The van der Waals surface area contributed by atoms with Gasteiger partial charge in [0.15, 0.2) is 5.72 Å². The van der Waals surface area contributed by atoms with Gasteiger partial charge in [0.1, 0.15) is 5.84 Å². The largest absolute Gasteiger partial charge is 0.363 e. The van der Waals surface area contributed by atoms with Gasteiger partial charge in [-0.05, 0) is 25.0 Å². The quantitative estimate of drug-likeness (QED) is 0.799. The van der Waals surface area contributed by atoms with Gasteiger partial charge >= 0.3 is 0 Å². The van der Waals surface area contributed by atoms with Crippen LogP contribution in [-0.4, -0.2) is 28.9 Å². The molecule has 120 valence electrons. The van der Waals surface area contributed by atoms with Gasteiger partial charge in [-0.1, -0.05) is 52.3 Å². The molecule has 0 saturated carbocycles. The number of amidine groups is 1. The molecule has 0 aliphatic carbocycles. The number of benzene rings is 2. The molecular weight excluding hydrogens is 376 g/mol. The maximum atomic E-state index is 11.6. The highest BCUT2D eigenvalue weighted by Gasteiger charge is 2.48. The summed E-state index contributed by atoms with van der Waals surface area (Å²) in [4.78, 5) is 6.70. The molecule has 1 N–H and O–H groups in total. The number of aliphatic imine (C=N–C) groups is 1. The van der Waals surface area contributed by atoms with Gasteiger partial charge in [0.05, 0.1) is 0 Å². The van der Waals surface area contributed by atoms with Gasteiger partial charge in [-0.2, -0.15) is 0 Å². The SMILES string of the molecule is Cc1ccc(C2(O)c3ccccc3C3=NCCCN32)cc1Br.Cl. The molecule has 0 amide bonds. The molecule has 0 aromatic heterocycles. The number of aryl methyl sites for hydroxylation is 1. The Balaban J connectivity index is 0.00000156. The summed E-state index contributed by atoms with van der Waals surface area (Å²) in [5, 5.41) is 11.6. The minimum absolute atomic E-state index is 0. The zero-order valence-electron chi connectivity index (χ0n) is 12.8. The third-order valence-electron chi connectivity index (χ3n) is 4.57. The standard InChI is InChI=1S/C18H17BrN2O.ClH/c1-12-7-8-13(11-16(12)19)18(22)15-6-3-2-5-14(15)17-20-9-4-10-21(17)18;/h2-3,5-8,11,22H,4,9-10H2,1H3;1H. The van der Waals surface area contributed by atoms with Crippen LogP contribution in [0.15, 0.2) is 51.9 Å². The summed E-state index contributed by atoms with van der Waals surface area (Å²) in [7, 11) is 0. The smallest absolute Gasteiger partial charge is 0.193 e. The van der Waals surface area contributed by atoms with E-state index in [0.717, 1.165) is 52.1 Å². The molecule has 0 saturated heterocycles. The topological polar surface area (TPSA) is 35.8 Å². The van der Waals surface area contributed by atoms with Crippen LogP contribution in [0, 0.1) is 6.92 Å². The van der Waals surface area contributed by atoms with E-state index in [9.17, 15) is 5.11 Å². The lowest BCUT2D eigenvalue weighted by Crippen LogP contribution is -2.47. The molecule has 2 aromatic rings. The van der Waals surface area contributed by atoms with E-state index in [4.69, 9.17) is 0 Å². The van der Waals surface area contributed by atoms with Crippen molar-refractivity contribution in [3.8, 4) is 0 Å². The van der Waals surface area contributed by atoms with E-state index in [1.165, 1.54) is 0 Å². The summed E-state index contributed by atoms with van der Waals surface area (Å²) in [5.74, 6) is 0.918. The number of fused-ring (bicyclic) bond motifs is 3. The Bertz CT molecular complexity index is 792. The van der Waals surface area contributed by atoms with Gasteiger partial charge in [0.25, 0.3) is 0 Å². The van der Waals surface area contributed by atoms with E-state index in [1.54, 1.807) is 0 Å². The van der Waals surface area contributed by atoms with E-state index in [1.807, 2.05) is 54.3 Å². The number of hydrogen-bond acceptors (Lipinski definition) is 3. The minimum Gasteiger partial charge on any atom is -0.363 e. The zero-order chi connectivity index (χ0) is 15.3. The van der Waals surface area contributed by atoms with Crippen LogP contribution in [0.25, 0.3) is 0 Å². The second-order valence-corrected chi connectivity index (χ2v) is 6.75. The zero-order valence-corrected chi connectivity index (χ0v) is 15.2. The molecule has 0 fully saturated rings. The van der Waals surface area contributed by atoms with Crippen molar-refractivity contribution < 1.29 is 5.11 Å². The monoisotopic (exact) mass is 392 g/mol. The third-order valence-corrected chi connectivity index (χ3v) is 5.42. The summed E-state index contributed by atoms with van der Waals surface area (Å²) in [6.45, 7) is 3.69. The fraction of sp³-hybridized carbons (Fsp3) is 0.278. The van der Waals surface area contributed by atoms with Crippen molar-refractivity contribution in [2.45, 2.75) is 19.1 Å². The van der Waals surface area contributed by atoms with Crippen molar-refractivity contribution in [1.82, 2.24) is 4.90 Å². The molecule has 23 heavy (non-hydrogen) atoms. The predicted octanol–water partition coefficient (Wildman–Crippen LogP) is 3.84. The minimum atomic E-state index is -1.13. The van der Waals surface area contributed by atoms with Crippen LogP contribution in [0.4, 0.5) is 0 Å². The van der Waals surface area contributed by atoms with Gasteiger partial charge < -0.3 is 10.0 Å².